The molecule has 6 heteroatoms. The van der Waals surface area contributed by atoms with Gasteiger partial charge in [0.2, 0.25) is 0 Å². The van der Waals surface area contributed by atoms with Crippen molar-refractivity contribution in [2.45, 2.75) is 37.9 Å². The first-order valence-corrected chi connectivity index (χ1v) is 8.96. The topological polar surface area (TPSA) is 50.8 Å². The van der Waals surface area contributed by atoms with Crippen LogP contribution in [0, 0.1) is 0 Å². The first-order valence-electron chi connectivity index (χ1n) is 8.02. The van der Waals surface area contributed by atoms with Gasteiger partial charge >= 0.3 is 6.03 Å². The van der Waals surface area contributed by atoms with Gasteiger partial charge in [-0.05, 0) is 41.1 Å². The van der Waals surface area contributed by atoms with Gasteiger partial charge in [-0.25, -0.2) is 4.79 Å². The first kappa shape index (κ1) is 15.8. The standard InChI is InChI=1S/C16H24N2O3S/c1-12(13-4-8-22-11-13)9-17-16(19)18-5-7-21-15(10-18)14-3-2-6-20-14/h4,8,11-12,14-15H,2-3,5-7,9-10H2,1H3,(H,17,19)/t12-,14-,15+/m1/s1. The average Bonchev–Trinajstić information content (AvgIpc) is 3.25. The van der Waals surface area contributed by atoms with Crippen LogP contribution >= 0.6 is 11.3 Å². The van der Waals surface area contributed by atoms with E-state index in [9.17, 15) is 4.79 Å². The number of ether oxygens (including phenoxy) is 2. The molecule has 2 fully saturated rings. The van der Waals surface area contributed by atoms with Crippen molar-refractivity contribution >= 4 is 17.4 Å². The normalized spacial score (nSPS) is 26.9. The Hall–Kier alpha value is -1.11. The number of thiophene rings is 1. The van der Waals surface area contributed by atoms with E-state index in [-0.39, 0.29) is 18.2 Å². The lowest BCUT2D eigenvalue weighted by Crippen LogP contribution is -2.53. The zero-order chi connectivity index (χ0) is 15.4. The van der Waals surface area contributed by atoms with Gasteiger partial charge < -0.3 is 19.7 Å². The average molecular weight is 324 g/mol. The van der Waals surface area contributed by atoms with Crippen LogP contribution < -0.4 is 5.32 Å². The molecule has 122 valence electrons. The number of amides is 2. The van der Waals surface area contributed by atoms with Gasteiger partial charge in [-0.15, -0.1) is 0 Å². The van der Waals surface area contributed by atoms with Crippen molar-refractivity contribution in [3.8, 4) is 0 Å². The second-order valence-corrected chi connectivity index (χ2v) is 6.83. The SMILES string of the molecule is C[C@H](CNC(=O)N1CCO[C@H]([C@H]2CCCO2)C1)c1ccsc1. The van der Waals surface area contributed by atoms with Gasteiger partial charge in [0.05, 0.1) is 19.3 Å². The van der Waals surface area contributed by atoms with Gasteiger partial charge in [0.15, 0.2) is 0 Å². The lowest BCUT2D eigenvalue weighted by atomic mass is 10.1. The molecular weight excluding hydrogens is 300 g/mol. The fourth-order valence-corrected chi connectivity index (χ4v) is 3.79. The molecule has 2 aliphatic rings. The van der Waals surface area contributed by atoms with Crippen LogP contribution in [0.5, 0.6) is 0 Å². The highest BCUT2D eigenvalue weighted by atomic mass is 32.1. The van der Waals surface area contributed by atoms with Gasteiger partial charge in [-0.3, -0.25) is 0 Å². The number of morpholine rings is 1. The highest BCUT2D eigenvalue weighted by Crippen LogP contribution is 2.21. The maximum Gasteiger partial charge on any atom is 0.317 e. The molecule has 2 aliphatic heterocycles. The van der Waals surface area contributed by atoms with Crippen LogP contribution in [-0.2, 0) is 9.47 Å². The second-order valence-electron chi connectivity index (χ2n) is 6.05. The molecule has 2 saturated heterocycles. The van der Waals surface area contributed by atoms with Gasteiger partial charge in [-0.1, -0.05) is 6.92 Å². The van der Waals surface area contributed by atoms with Crippen molar-refractivity contribution in [2.24, 2.45) is 0 Å². The Morgan fingerprint density at radius 1 is 1.45 bits per heavy atom. The summed E-state index contributed by atoms with van der Waals surface area (Å²) in [5, 5.41) is 7.26. The number of nitrogens with zero attached hydrogens (tertiary/aromatic N) is 1. The van der Waals surface area contributed by atoms with Crippen molar-refractivity contribution in [3.05, 3.63) is 22.4 Å². The van der Waals surface area contributed by atoms with Crippen LogP contribution in [0.3, 0.4) is 0 Å². The van der Waals surface area contributed by atoms with E-state index < -0.39 is 0 Å². The van der Waals surface area contributed by atoms with Crippen LogP contribution in [0.4, 0.5) is 4.79 Å². The molecule has 5 nitrogen and oxygen atoms in total. The fourth-order valence-electron chi connectivity index (χ4n) is 3.01. The smallest absolute Gasteiger partial charge is 0.317 e. The molecule has 0 saturated carbocycles. The number of hydrogen-bond acceptors (Lipinski definition) is 4. The third-order valence-electron chi connectivity index (χ3n) is 4.43. The second kappa shape index (κ2) is 7.44. The lowest BCUT2D eigenvalue weighted by molar-refractivity contribution is -0.0848. The Kier molecular flexibility index (Phi) is 5.33. The maximum atomic E-state index is 12.4. The van der Waals surface area contributed by atoms with Crippen molar-refractivity contribution < 1.29 is 14.3 Å². The van der Waals surface area contributed by atoms with Gasteiger partial charge in [-0.2, -0.15) is 11.3 Å². The van der Waals surface area contributed by atoms with Gasteiger partial charge in [0.1, 0.15) is 6.10 Å². The number of urea groups is 1. The van der Waals surface area contributed by atoms with E-state index in [0.29, 0.717) is 32.2 Å². The van der Waals surface area contributed by atoms with E-state index in [1.165, 1.54) is 5.56 Å². The summed E-state index contributed by atoms with van der Waals surface area (Å²) in [6.45, 7) is 5.49. The van der Waals surface area contributed by atoms with E-state index in [2.05, 4.69) is 29.1 Å². The Morgan fingerprint density at radius 3 is 3.05 bits per heavy atom. The summed E-state index contributed by atoms with van der Waals surface area (Å²) in [6, 6.07) is 2.12. The molecule has 22 heavy (non-hydrogen) atoms. The van der Waals surface area contributed by atoms with Crippen LogP contribution in [-0.4, -0.2) is 56.0 Å². The molecule has 0 bridgehead atoms. The van der Waals surface area contributed by atoms with E-state index >= 15 is 0 Å². The lowest BCUT2D eigenvalue weighted by Gasteiger charge is -2.35. The van der Waals surface area contributed by atoms with Crippen molar-refractivity contribution in [1.82, 2.24) is 10.2 Å². The van der Waals surface area contributed by atoms with Gasteiger partial charge in [0, 0.05) is 19.7 Å². The molecular formula is C16H24N2O3S. The van der Waals surface area contributed by atoms with E-state index in [0.717, 1.165) is 19.4 Å². The highest BCUT2D eigenvalue weighted by molar-refractivity contribution is 7.07. The zero-order valence-electron chi connectivity index (χ0n) is 13.0. The number of carbonyl (C=O) groups is 1. The Labute approximate surface area is 135 Å². The molecule has 0 aliphatic carbocycles. The fraction of sp³-hybridized carbons (Fsp3) is 0.688. The highest BCUT2D eigenvalue weighted by Gasteiger charge is 2.32. The molecule has 0 radical (unpaired) electrons. The minimum absolute atomic E-state index is 0.00776. The van der Waals surface area contributed by atoms with Gasteiger partial charge in [0.25, 0.3) is 0 Å². The molecule has 1 N–H and O–H groups in total. The summed E-state index contributed by atoms with van der Waals surface area (Å²) in [5.41, 5.74) is 1.28. The summed E-state index contributed by atoms with van der Waals surface area (Å²) in [6.07, 6.45) is 2.31. The van der Waals surface area contributed by atoms with E-state index in [1.54, 1.807) is 11.3 Å². The van der Waals surface area contributed by atoms with Crippen LogP contribution in [0.15, 0.2) is 16.8 Å². The predicted octanol–water partition coefficient (Wildman–Crippen LogP) is 2.44. The summed E-state index contributed by atoms with van der Waals surface area (Å²) >= 11 is 1.69. The minimum Gasteiger partial charge on any atom is -0.375 e. The third-order valence-corrected chi connectivity index (χ3v) is 5.13. The van der Waals surface area contributed by atoms with Crippen molar-refractivity contribution in [3.63, 3.8) is 0 Å². The first-order chi connectivity index (χ1) is 10.7. The predicted molar refractivity (Wildman–Crippen MR) is 86.4 cm³/mol. The molecule has 0 aromatic carbocycles. The zero-order valence-corrected chi connectivity index (χ0v) is 13.8. The monoisotopic (exact) mass is 324 g/mol. The molecule has 3 heterocycles. The largest absolute Gasteiger partial charge is 0.375 e. The Bertz CT molecular complexity index is 474. The van der Waals surface area contributed by atoms with Crippen molar-refractivity contribution in [1.29, 1.82) is 0 Å². The molecule has 2 amide bonds. The molecule has 1 aromatic rings. The van der Waals surface area contributed by atoms with Crippen LogP contribution in [0.25, 0.3) is 0 Å². The van der Waals surface area contributed by atoms with Crippen molar-refractivity contribution in [2.75, 3.05) is 32.8 Å². The molecule has 3 atom stereocenters. The van der Waals surface area contributed by atoms with E-state index in [4.69, 9.17) is 9.47 Å². The summed E-state index contributed by atoms with van der Waals surface area (Å²) in [5.74, 6) is 0.338. The molecule has 0 unspecified atom stereocenters. The molecule has 1 aromatic heterocycles. The van der Waals surface area contributed by atoms with E-state index in [1.807, 2.05) is 4.90 Å². The minimum atomic E-state index is 0.00776. The third kappa shape index (κ3) is 3.80. The number of carbonyl (C=O) groups excluding carboxylic acids is 1. The molecule has 3 rings (SSSR count). The summed E-state index contributed by atoms with van der Waals surface area (Å²) in [7, 11) is 0. The summed E-state index contributed by atoms with van der Waals surface area (Å²) < 4.78 is 11.5. The summed E-state index contributed by atoms with van der Waals surface area (Å²) in [4.78, 5) is 14.2. The van der Waals surface area contributed by atoms with Crippen LogP contribution in [0.2, 0.25) is 0 Å². The maximum absolute atomic E-state index is 12.4. The Morgan fingerprint density at radius 2 is 2.32 bits per heavy atom. The quantitative estimate of drug-likeness (QED) is 0.925. The Balaban J connectivity index is 1.47. The number of rotatable bonds is 4. The molecule has 0 spiro atoms. The number of hydrogen-bond donors (Lipinski definition) is 1. The number of nitrogens with one attached hydrogen (secondary N) is 1. The van der Waals surface area contributed by atoms with Crippen LogP contribution in [0.1, 0.15) is 31.2 Å².